The topological polar surface area (TPSA) is 73.7 Å². The Labute approximate surface area is 171 Å². The molecule has 0 aliphatic rings. The van der Waals surface area contributed by atoms with E-state index in [-0.39, 0.29) is 5.75 Å². The molecule has 29 heavy (non-hydrogen) atoms. The number of rotatable bonds is 8. The number of aromatic nitrogens is 1. The Morgan fingerprint density at radius 1 is 1.14 bits per heavy atom. The van der Waals surface area contributed by atoms with Crippen molar-refractivity contribution in [2.75, 3.05) is 18.5 Å². The Morgan fingerprint density at radius 2 is 1.86 bits per heavy atom. The first kappa shape index (κ1) is 20.6. The highest BCUT2D eigenvalue weighted by Crippen LogP contribution is 2.33. The lowest BCUT2D eigenvalue weighted by Gasteiger charge is -2.22. The van der Waals surface area contributed by atoms with Gasteiger partial charge < -0.3 is 15.1 Å². The summed E-state index contributed by atoms with van der Waals surface area (Å²) in [5.41, 5.74) is 4.17. The van der Waals surface area contributed by atoms with Crippen LogP contribution in [0.3, 0.4) is 0 Å². The second-order valence-corrected chi connectivity index (χ2v) is 7.65. The van der Waals surface area contributed by atoms with Gasteiger partial charge >= 0.3 is 5.97 Å². The van der Waals surface area contributed by atoms with Crippen LogP contribution in [0.15, 0.2) is 48.5 Å². The van der Waals surface area contributed by atoms with Crippen LogP contribution in [0.4, 0.5) is 5.82 Å². The molecule has 0 spiro atoms. The number of aryl methyl sites for hydroxylation is 1. The molecule has 3 aromatic rings. The van der Waals surface area contributed by atoms with Gasteiger partial charge in [-0.25, -0.2) is 4.98 Å². The Kier molecular flexibility index (Phi) is 6.37. The molecule has 1 unspecified atom stereocenters. The van der Waals surface area contributed by atoms with Gasteiger partial charge in [0, 0.05) is 19.0 Å². The highest BCUT2D eigenvalue weighted by molar-refractivity contribution is 5.96. The van der Waals surface area contributed by atoms with Crippen molar-refractivity contribution in [3.8, 4) is 16.9 Å². The Balaban J connectivity index is 2.10. The molecule has 152 valence electrons. The van der Waals surface area contributed by atoms with Gasteiger partial charge in [0.2, 0.25) is 0 Å². The number of benzene rings is 2. The highest BCUT2D eigenvalue weighted by atomic mass is 16.4. The van der Waals surface area contributed by atoms with E-state index in [1.807, 2.05) is 36.2 Å². The molecule has 1 atom stereocenters. The summed E-state index contributed by atoms with van der Waals surface area (Å²) >= 11 is 0. The molecule has 1 heterocycles. The number of anilines is 1. The first-order valence-electron chi connectivity index (χ1n) is 10.1. The van der Waals surface area contributed by atoms with E-state index in [0.29, 0.717) is 6.54 Å². The van der Waals surface area contributed by atoms with Crippen LogP contribution < -0.4 is 4.90 Å². The molecule has 2 N–H and O–H groups in total. The summed E-state index contributed by atoms with van der Waals surface area (Å²) in [5.74, 6) is -0.360. The maximum atomic E-state index is 11.3. The van der Waals surface area contributed by atoms with Gasteiger partial charge in [-0.1, -0.05) is 38.5 Å². The van der Waals surface area contributed by atoms with Gasteiger partial charge in [-0.05, 0) is 59.9 Å². The van der Waals surface area contributed by atoms with Gasteiger partial charge in [0.15, 0.2) is 0 Å². The molecule has 0 saturated heterocycles. The summed E-state index contributed by atoms with van der Waals surface area (Å²) in [5, 5.41) is 20.0. The molecule has 1 aromatic heterocycles. The molecule has 2 aromatic carbocycles. The van der Waals surface area contributed by atoms with E-state index >= 15 is 0 Å². The lowest BCUT2D eigenvalue weighted by Crippen LogP contribution is -2.29. The van der Waals surface area contributed by atoms with Crippen LogP contribution in [-0.4, -0.2) is 34.8 Å². The standard InChI is InChI=1S/C24H28N2O3/c1-4-5-6-17-7-12-22-21(13-17)20(18-8-10-19(27)11-9-18)14-23(25-22)26(3)15-16(2)24(28)29/h7-14,16,27H,4-6,15H2,1-3H3,(H,28,29). The number of phenolic OH excluding ortho intramolecular Hbond substituents is 1. The van der Waals surface area contributed by atoms with E-state index < -0.39 is 11.9 Å². The molecular weight excluding hydrogens is 364 g/mol. The summed E-state index contributed by atoms with van der Waals surface area (Å²) in [6, 6.07) is 15.5. The van der Waals surface area contributed by atoms with E-state index in [1.54, 1.807) is 19.1 Å². The SMILES string of the molecule is CCCCc1ccc2nc(N(C)CC(C)C(=O)O)cc(-c3ccc(O)cc3)c2c1. The average molecular weight is 392 g/mol. The smallest absolute Gasteiger partial charge is 0.308 e. The van der Waals surface area contributed by atoms with Crippen molar-refractivity contribution in [2.45, 2.75) is 33.1 Å². The number of carboxylic acid groups (broad SMARTS) is 1. The number of carbonyl (C=O) groups is 1. The van der Waals surface area contributed by atoms with Crippen LogP contribution >= 0.6 is 0 Å². The third-order valence-corrected chi connectivity index (χ3v) is 5.22. The third kappa shape index (κ3) is 4.86. The van der Waals surface area contributed by atoms with E-state index in [2.05, 4.69) is 19.1 Å². The van der Waals surface area contributed by atoms with Gasteiger partial charge in [0.1, 0.15) is 11.6 Å². The predicted octanol–water partition coefficient (Wildman–Crippen LogP) is 5.11. The summed E-state index contributed by atoms with van der Waals surface area (Å²) in [4.78, 5) is 17.9. The fraction of sp³-hybridized carbons (Fsp3) is 0.333. The number of hydrogen-bond acceptors (Lipinski definition) is 4. The van der Waals surface area contributed by atoms with Crippen LogP contribution in [-0.2, 0) is 11.2 Å². The second kappa shape index (κ2) is 8.95. The van der Waals surface area contributed by atoms with E-state index in [0.717, 1.165) is 47.1 Å². The van der Waals surface area contributed by atoms with Gasteiger partial charge in [-0.2, -0.15) is 0 Å². The molecule has 0 saturated carbocycles. The van der Waals surface area contributed by atoms with Crippen molar-refractivity contribution in [2.24, 2.45) is 5.92 Å². The molecule has 0 fully saturated rings. The number of fused-ring (bicyclic) bond motifs is 1. The summed E-state index contributed by atoms with van der Waals surface area (Å²) in [7, 11) is 1.86. The van der Waals surface area contributed by atoms with Crippen LogP contribution in [0.2, 0.25) is 0 Å². The van der Waals surface area contributed by atoms with Gasteiger partial charge in [-0.15, -0.1) is 0 Å². The molecule has 0 amide bonds. The number of aliphatic carboxylic acids is 1. The minimum absolute atomic E-state index is 0.225. The number of aromatic hydroxyl groups is 1. The number of nitrogens with zero attached hydrogens (tertiary/aromatic N) is 2. The van der Waals surface area contributed by atoms with E-state index in [9.17, 15) is 15.0 Å². The average Bonchev–Trinajstić information content (AvgIpc) is 2.71. The number of unbranched alkanes of at least 4 members (excludes halogenated alkanes) is 1. The molecule has 5 heteroatoms. The van der Waals surface area contributed by atoms with Crippen LogP contribution in [0.5, 0.6) is 5.75 Å². The molecule has 0 aliphatic heterocycles. The Morgan fingerprint density at radius 3 is 2.52 bits per heavy atom. The predicted molar refractivity (Wildman–Crippen MR) is 118 cm³/mol. The number of carboxylic acids is 1. The molecule has 0 aliphatic carbocycles. The molecule has 0 bridgehead atoms. The van der Waals surface area contributed by atoms with Crippen molar-refractivity contribution in [1.29, 1.82) is 0 Å². The maximum absolute atomic E-state index is 11.3. The third-order valence-electron chi connectivity index (χ3n) is 5.22. The number of phenols is 1. The summed E-state index contributed by atoms with van der Waals surface area (Å²) in [6.07, 6.45) is 3.31. The van der Waals surface area contributed by atoms with Crippen molar-refractivity contribution in [1.82, 2.24) is 4.98 Å². The van der Waals surface area contributed by atoms with Crippen LogP contribution in [0.25, 0.3) is 22.0 Å². The monoisotopic (exact) mass is 392 g/mol. The minimum Gasteiger partial charge on any atom is -0.508 e. The first-order chi connectivity index (χ1) is 13.9. The first-order valence-corrected chi connectivity index (χ1v) is 10.1. The van der Waals surface area contributed by atoms with Crippen molar-refractivity contribution in [3.63, 3.8) is 0 Å². The molecule has 3 rings (SSSR count). The normalized spacial score (nSPS) is 12.1. The maximum Gasteiger partial charge on any atom is 0.308 e. The summed E-state index contributed by atoms with van der Waals surface area (Å²) in [6.45, 7) is 4.25. The highest BCUT2D eigenvalue weighted by Gasteiger charge is 2.17. The number of hydrogen-bond donors (Lipinski definition) is 2. The number of pyridine rings is 1. The fourth-order valence-electron chi connectivity index (χ4n) is 3.45. The molecule has 0 radical (unpaired) electrons. The van der Waals surface area contributed by atoms with Crippen LogP contribution in [0, 0.1) is 5.92 Å². The fourth-order valence-corrected chi connectivity index (χ4v) is 3.45. The summed E-state index contributed by atoms with van der Waals surface area (Å²) < 4.78 is 0. The van der Waals surface area contributed by atoms with Crippen LogP contribution in [0.1, 0.15) is 32.3 Å². The van der Waals surface area contributed by atoms with Gasteiger partial charge in [0.25, 0.3) is 0 Å². The molecule has 5 nitrogen and oxygen atoms in total. The molecular formula is C24H28N2O3. The Bertz CT molecular complexity index is 999. The van der Waals surface area contributed by atoms with Gasteiger partial charge in [-0.3, -0.25) is 4.79 Å². The zero-order valence-corrected chi connectivity index (χ0v) is 17.2. The zero-order chi connectivity index (χ0) is 21.0. The Hall–Kier alpha value is -3.08. The van der Waals surface area contributed by atoms with E-state index in [1.165, 1.54) is 5.56 Å². The van der Waals surface area contributed by atoms with Crippen molar-refractivity contribution < 1.29 is 15.0 Å². The lowest BCUT2D eigenvalue weighted by atomic mass is 9.97. The largest absolute Gasteiger partial charge is 0.508 e. The minimum atomic E-state index is -0.822. The van der Waals surface area contributed by atoms with Crippen molar-refractivity contribution >= 4 is 22.7 Å². The quantitative estimate of drug-likeness (QED) is 0.557. The second-order valence-electron chi connectivity index (χ2n) is 7.65. The van der Waals surface area contributed by atoms with Crippen molar-refractivity contribution in [3.05, 3.63) is 54.1 Å². The zero-order valence-electron chi connectivity index (χ0n) is 17.2. The lowest BCUT2D eigenvalue weighted by molar-refractivity contribution is -0.140. The van der Waals surface area contributed by atoms with Gasteiger partial charge in [0.05, 0.1) is 11.4 Å². The van der Waals surface area contributed by atoms with E-state index in [4.69, 9.17) is 4.98 Å².